The second-order valence-electron chi connectivity index (χ2n) is 7.74. The number of para-hydroxylation sites is 1. The van der Waals surface area contributed by atoms with Crippen LogP contribution in [0.15, 0.2) is 54.6 Å². The molecule has 1 fully saturated rings. The molecule has 1 atom stereocenters. The van der Waals surface area contributed by atoms with Gasteiger partial charge < -0.3 is 10.1 Å². The maximum absolute atomic E-state index is 13.0. The van der Waals surface area contributed by atoms with Crippen molar-refractivity contribution in [3.63, 3.8) is 0 Å². The number of benzene rings is 2. The monoisotopic (exact) mass is 445 g/mol. The Morgan fingerprint density at radius 2 is 1.77 bits per heavy atom. The van der Waals surface area contributed by atoms with Gasteiger partial charge in [0.1, 0.15) is 6.04 Å². The van der Waals surface area contributed by atoms with E-state index in [0.29, 0.717) is 18.7 Å². The van der Waals surface area contributed by atoms with Crippen LogP contribution in [-0.4, -0.2) is 57.8 Å². The first-order valence-electron chi connectivity index (χ1n) is 10.6. The fraction of sp³-hybridized carbons (Fsp3) is 0.435. The molecule has 1 aliphatic rings. The second kappa shape index (κ2) is 10.7. The van der Waals surface area contributed by atoms with Crippen LogP contribution in [0.25, 0.3) is 0 Å². The molecule has 31 heavy (non-hydrogen) atoms. The molecule has 1 amide bonds. The molecule has 1 saturated heterocycles. The van der Waals surface area contributed by atoms with Gasteiger partial charge in [-0.25, -0.2) is 8.42 Å². The third kappa shape index (κ3) is 6.53. The molecular weight excluding hydrogens is 414 g/mol. The van der Waals surface area contributed by atoms with Crippen molar-refractivity contribution in [2.75, 3.05) is 36.9 Å². The van der Waals surface area contributed by atoms with Crippen LogP contribution in [0.2, 0.25) is 0 Å². The average molecular weight is 446 g/mol. The van der Waals surface area contributed by atoms with Crippen molar-refractivity contribution in [2.45, 2.75) is 32.5 Å². The first kappa shape index (κ1) is 23.2. The van der Waals surface area contributed by atoms with Crippen LogP contribution in [0.3, 0.4) is 0 Å². The lowest BCUT2D eigenvalue weighted by atomic mass is 10.1. The van der Waals surface area contributed by atoms with Gasteiger partial charge in [-0.05, 0) is 29.7 Å². The molecule has 1 heterocycles. The first-order chi connectivity index (χ1) is 14.9. The van der Waals surface area contributed by atoms with Gasteiger partial charge in [0.15, 0.2) is 0 Å². The van der Waals surface area contributed by atoms with Crippen molar-refractivity contribution >= 4 is 21.6 Å². The number of ether oxygens (including phenoxy) is 1. The molecule has 2 aromatic rings. The molecule has 0 aliphatic carbocycles. The SMILES string of the molecule is CCC(C(=O)NCc1cccc(CN2CCOCC2)c1)N(c1ccccc1)S(C)(=O)=O. The molecular formula is C23H31N3O4S. The number of anilines is 1. The molecule has 0 bridgehead atoms. The standard InChI is InChI=1S/C23H31N3O4S/c1-3-22(26(31(2,28)29)21-10-5-4-6-11-21)23(27)24-17-19-8-7-9-20(16-19)18-25-12-14-30-15-13-25/h4-11,16,22H,3,12-15,17-18H2,1-2H3,(H,24,27). The number of nitrogens with zero attached hydrogens (tertiary/aromatic N) is 2. The summed E-state index contributed by atoms with van der Waals surface area (Å²) >= 11 is 0. The predicted octanol–water partition coefficient (Wildman–Crippen LogP) is 2.38. The zero-order valence-corrected chi connectivity index (χ0v) is 19.0. The quantitative estimate of drug-likeness (QED) is 0.641. The number of hydrogen-bond acceptors (Lipinski definition) is 5. The van der Waals surface area contributed by atoms with Gasteiger partial charge in [0.05, 0.1) is 25.2 Å². The summed E-state index contributed by atoms with van der Waals surface area (Å²) < 4.78 is 31.6. The molecule has 0 aromatic heterocycles. The fourth-order valence-electron chi connectivity index (χ4n) is 3.80. The predicted molar refractivity (Wildman–Crippen MR) is 122 cm³/mol. The number of hydrogen-bond donors (Lipinski definition) is 1. The van der Waals surface area contributed by atoms with Crippen LogP contribution < -0.4 is 9.62 Å². The van der Waals surface area contributed by atoms with Crippen molar-refractivity contribution < 1.29 is 17.9 Å². The normalized spacial score (nSPS) is 15.9. The van der Waals surface area contributed by atoms with Crippen LogP contribution in [-0.2, 0) is 32.6 Å². The van der Waals surface area contributed by atoms with Crippen LogP contribution >= 0.6 is 0 Å². The van der Waals surface area contributed by atoms with Crippen LogP contribution in [0.4, 0.5) is 5.69 Å². The zero-order chi connectivity index (χ0) is 22.3. The third-order valence-electron chi connectivity index (χ3n) is 5.31. The highest BCUT2D eigenvalue weighted by Crippen LogP contribution is 2.22. The number of nitrogens with one attached hydrogen (secondary N) is 1. The number of carbonyl (C=O) groups excluding carboxylic acids is 1. The van der Waals surface area contributed by atoms with Crippen molar-refractivity contribution in [3.05, 3.63) is 65.7 Å². The van der Waals surface area contributed by atoms with Crippen molar-refractivity contribution in [1.82, 2.24) is 10.2 Å². The molecule has 8 heteroatoms. The van der Waals surface area contributed by atoms with Gasteiger partial charge in [0.25, 0.3) is 0 Å². The molecule has 3 rings (SSSR count). The molecule has 7 nitrogen and oxygen atoms in total. The van der Waals surface area contributed by atoms with E-state index in [1.807, 2.05) is 25.1 Å². The Labute approximate surface area is 185 Å². The lowest BCUT2D eigenvalue weighted by Crippen LogP contribution is -2.49. The number of carbonyl (C=O) groups is 1. The van der Waals surface area contributed by atoms with Crippen LogP contribution in [0.1, 0.15) is 24.5 Å². The topological polar surface area (TPSA) is 79.0 Å². The van der Waals surface area contributed by atoms with Gasteiger partial charge in [-0.15, -0.1) is 0 Å². The Morgan fingerprint density at radius 1 is 1.10 bits per heavy atom. The molecule has 1 unspecified atom stereocenters. The minimum absolute atomic E-state index is 0.310. The van der Waals surface area contributed by atoms with Gasteiger partial charge in [-0.1, -0.05) is 49.4 Å². The summed E-state index contributed by atoms with van der Waals surface area (Å²) in [5.41, 5.74) is 2.65. The minimum atomic E-state index is -3.62. The lowest BCUT2D eigenvalue weighted by molar-refractivity contribution is -0.122. The summed E-state index contributed by atoms with van der Waals surface area (Å²) in [5.74, 6) is -0.310. The smallest absolute Gasteiger partial charge is 0.244 e. The van der Waals surface area contributed by atoms with Gasteiger partial charge >= 0.3 is 0 Å². The van der Waals surface area contributed by atoms with E-state index < -0.39 is 16.1 Å². The summed E-state index contributed by atoms with van der Waals surface area (Å²) in [6.45, 7) is 6.35. The van der Waals surface area contributed by atoms with Gasteiger partial charge in [0.2, 0.25) is 15.9 Å². The fourth-order valence-corrected chi connectivity index (χ4v) is 5.01. The van der Waals surface area contributed by atoms with Crippen molar-refractivity contribution in [1.29, 1.82) is 0 Å². The molecule has 0 saturated carbocycles. The van der Waals surface area contributed by atoms with Crippen molar-refractivity contribution in [3.8, 4) is 0 Å². The van der Waals surface area contributed by atoms with E-state index in [4.69, 9.17) is 4.74 Å². The summed E-state index contributed by atoms with van der Waals surface area (Å²) in [4.78, 5) is 15.3. The second-order valence-corrected chi connectivity index (χ2v) is 9.60. The Bertz CT molecular complexity index is 960. The van der Waals surface area contributed by atoms with Gasteiger partial charge in [0, 0.05) is 26.2 Å². The van der Waals surface area contributed by atoms with Crippen LogP contribution in [0.5, 0.6) is 0 Å². The van der Waals surface area contributed by atoms with Crippen LogP contribution in [0, 0.1) is 0 Å². The van der Waals surface area contributed by atoms with E-state index in [1.54, 1.807) is 24.3 Å². The largest absolute Gasteiger partial charge is 0.379 e. The third-order valence-corrected chi connectivity index (χ3v) is 6.49. The van der Waals surface area contributed by atoms with E-state index in [1.165, 1.54) is 9.87 Å². The molecule has 0 radical (unpaired) electrons. The highest BCUT2D eigenvalue weighted by molar-refractivity contribution is 7.92. The number of amides is 1. The maximum Gasteiger partial charge on any atom is 0.244 e. The van der Waals surface area contributed by atoms with E-state index in [9.17, 15) is 13.2 Å². The minimum Gasteiger partial charge on any atom is -0.379 e. The Hall–Kier alpha value is -2.42. The summed E-state index contributed by atoms with van der Waals surface area (Å²) in [6, 6.07) is 16.0. The van der Waals surface area contributed by atoms with Gasteiger partial charge in [-0.2, -0.15) is 0 Å². The first-order valence-corrected chi connectivity index (χ1v) is 12.4. The zero-order valence-electron chi connectivity index (χ0n) is 18.2. The molecule has 0 spiro atoms. The van der Waals surface area contributed by atoms with E-state index in [-0.39, 0.29) is 5.91 Å². The molecule has 1 aliphatic heterocycles. The summed E-state index contributed by atoms with van der Waals surface area (Å²) in [6.07, 6.45) is 1.50. The Kier molecular flexibility index (Phi) is 8.06. The maximum atomic E-state index is 13.0. The van der Waals surface area contributed by atoms with E-state index in [0.717, 1.165) is 44.7 Å². The van der Waals surface area contributed by atoms with E-state index >= 15 is 0 Å². The lowest BCUT2D eigenvalue weighted by Gasteiger charge is -2.30. The summed E-state index contributed by atoms with van der Waals surface area (Å²) in [5, 5.41) is 2.92. The number of sulfonamides is 1. The van der Waals surface area contributed by atoms with Gasteiger partial charge in [-0.3, -0.25) is 14.0 Å². The van der Waals surface area contributed by atoms with Crippen molar-refractivity contribution in [2.24, 2.45) is 0 Å². The molecule has 2 aromatic carbocycles. The number of rotatable bonds is 9. The number of morpholine rings is 1. The van der Waals surface area contributed by atoms with E-state index in [2.05, 4.69) is 22.3 Å². The highest BCUT2D eigenvalue weighted by atomic mass is 32.2. The Morgan fingerprint density at radius 3 is 2.42 bits per heavy atom. The Balaban J connectivity index is 1.67. The highest BCUT2D eigenvalue weighted by Gasteiger charge is 2.31. The summed E-state index contributed by atoms with van der Waals surface area (Å²) in [7, 11) is -3.62. The molecule has 1 N–H and O–H groups in total. The average Bonchev–Trinajstić information content (AvgIpc) is 2.76. The molecule has 168 valence electrons.